The minimum atomic E-state index is 0. The van der Waals surface area contributed by atoms with Gasteiger partial charge in [0.05, 0.1) is 0 Å². The Hall–Kier alpha value is 0.220. The van der Waals surface area contributed by atoms with E-state index in [1.54, 1.807) is 0 Å². The molecule has 0 aliphatic heterocycles. The Morgan fingerprint density at radius 1 is 1.38 bits per heavy atom. The molecule has 0 saturated heterocycles. The fourth-order valence-electron chi connectivity index (χ4n) is 0.483. The van der Waals surface area contributed by atoms with E-state index in [4.69, 9.17) is 0 Å². The summed E-state index contributed by atoms with van der Waals surface area (Å²) >= 11 is 0. The molecule has 0 spiro atoms. The Balaban J connectivity index is 0.000000490. The number of hydrogen-bond donors (Lipinski definition) is 0. The summed E-state index contributed by atoms with van der Waals surface area (Å²) in [6.45, 7) is 2.03. The first-order valence-corrected chi connectivity index (χ1v) is 2.33. The predicted molar refractivity (Wildman–Crippen MR) is 37.2 cm³/mol. The molecule has 0 unspecified atom stereocenters. The summed E-state index contributed by atoms with van der Waals surface area (Å²) in [6, 6.07) is 10.9. The van der Waals surface area contributed by atoms with Crippen molar-refractivity contribution in [3.05, 3.63) is 35.9 Å². The van der Waals surface area contributed by atoms with Gasteiger partial charge >= 0.3 is 29.6 Å². The summed E-state index contributed by atoms with van der Waals surface area (Å²) in [6.07, 6.45) is 0. The molecule has 37 valence electrons. The average molecular weight is 115 g/mol. The summed E-state index contributed by atoms with van der Waals surface area (Å²) in [5.41, 5.74) is 1.20. The van der Waals surface area contributed by atoms with E-state index < -0.39 is 0 Å². The predicted octanol–water partition coefficient (Wildman–Crippen LogP) is 1.15. The van der Waals surface area contributed by atoms with E-state index in [0.717, 1.165) is 0 Å². The molecule has 0 saturated carbocycles. The van der Waals surface area contributed by atoms with Gasteiger partial charge in [-0.25, -0.2) is 0 Å². The molecule has 0 aliphatic carbocycles. The molecule has 0 aromatic heterocycles. The SMILES string of the molecule is Cc1[c]cccc1.[NaH]. The van der Waals surface area contributed by atoms with Crippen LogP contribution >= 0.6 is 0 Å². The van der Waals surface area contributed by atoms with E-state index in [2.05, 4.69) is 6.07 Å². The van der Waals surface area contributed by atoms with Crippen molar-refractivity contribution in [1.29, 1.82) is 0 Å². The van der Waals surface area contributed by atoms with Crippen LogP contribution in [0.15, 0.2) is 24.3 Å². The zero-order valence-electron chi connectivity index (χ0n) is 4.31. The summed E-state index contributed by atoms with van der Waals surface area (Å²) in [7, 11) is 0. The average Bonchev–Trinajstić information content (AvgIpc) is 1.69. The van der Waals surface area contributed by atoms with E-state index >= 15 is 0 Å². The second-order valence-electron chi connectivity index (χ2n) is 1.55. The van der Waals surface area contributed by atoms with Crippen LogP contribution in [0.3, 0.4) is 0 Å². The van der Waals surface area contributed by atoms with Crippen molar-refractivity contribution in [3.8, 4) is 0 Å². The normalized spacial score (nSPS) is 7.62. The second-order valence-corrected chi connectivity index (χ2v) is 1.55. The maximum atomic E-state index is 3.03. The molecule has 0 atom stereocenters. The first-order valence-electron chi connectivity index (χ1n) is 2.33. The van der Waals surface area contributed by atoms with Crippen LogP contribution in [0, 0.1) is 13.0 Å². The molecule has 0 heterocycles. The molecule has 0 aliphatic rings. The second kappa shape index (κ2) is 4.13. The van der Waals surface area contributed by atoms with Crippen LogP contribution in [0.1, 0.15) is 5.56 Å². The fourth-order valence-corrected chi connectivity index (χ4v) is 0.483. The van der Waals surface area contributed by atoms with E-state index in [-0.39, 0.29) is 29.6 Å². The third-order valence-corrected chi connectivity index (χ3v) is 0.865. The zero-order chi connectivity index (χ0) is 5.11. The molecule has 1 heteroatoms. The van der Waals surface area contributed by atoms with Crippen LogP contribution in [0.25, 0.3) is 0 Å². The molecule has 1 aromatic carbocycles. The van der Waals surface area contributed by atoms with Crippen LogP contribution in [0.2, 0.25) is 0 Å². The van der Waals surface area contributed by atoms with Crippen molar-refractivity contribution in [3.63, 3.8) is 0 Å². The van der Waals surface area contributed by atoms with E-state index in [1.807, 2.05) is 31.2 Å². The quantitative estimate of drug-likeness (QED) is 0.445. The van der Waals surface area contributed by atoms with Gasteiger partial charge in [0, 0.05) is 0 Å². The Morgan fingerprint density at radius 3 is 2.38 bits per heavy atom. The minimum absolute atomic E-state index is 0. The van der Waals surface area contributed by atoms with Gasteiger partial charge in [0.2, 0.25) is 0 Å². The Kier molecular flexibility index (Phi) is 4.25. The van der Waals surface area contributed by atoms with Gasteiger partial charge in [-0.1, -0.05) is 24.3 Å². The van der Waals surface area contributed by atoms with Crippen LogP contribution < -0.4 is 0 Å². The van der Waals surface area contributed by atoms with Gasteiger partial charge in [0.1, 0.15) is 0 Å². The first kappa shape index (κ1) is 8.22. The summed E-state index contributed by atoms with van der Waals surface area (Å²) in [4.78, 5) is 0. The third-order valence-electron chi connectivity index (χ3n) is 0.865. The van der Waals surface area contributed by atoms with Gasteiger partial charge in [0.25, 0.3) is 0 Å². The summed E-state index contributed by atoms with van der Waals surface area (Å²) in [5.74, 6) is 0. The van der Waals surface area contributed by atoms with Crippen molar-refractivity contribution in [1.82, 2.24) is 0 Å². The molecule has 1 aromatic rings. The van der Waals surface area contributed by atoms with E-state index in [9.17, 15) is 0 Å². The van der Waals surface area contributed by atoms with Crippen LogP contribution in [-0.4, -0.2) is 29.6 Å². The first-order chi connectivity index (χ1) is 3.39. The van der Waals surface area contributed by atoms with Gasteiger partial charge in [-0.3, -0.25) is 0 Å². The zero-order valence-corrected chi connectivity index (χ0v) is 4.31. The van der Waals surface area contributed by atoms with Crippen LogP contribution in [0.4, 0.5) is 0 Å². The van der Waals surface area contributed by atoms with Gasteiger partial charge in [-0.2, -0.15) is 0 Å². The summed E-state index contributed by atoms with van der Waals surface area (Å²) < 4.78 is 0. The topological polar surface area (TPSA) is 0 Å². The number of rotatable bonds is 0. The number of benzene rings is 1. The molecule has 0 nitrogen and oxygen atoms in total. The molecular formula is C7H8Na. The number of aryl methyl sites for hydroxylation is 1. The monoisotopic (exact) mass is 115 g/mol. The fraction of sp³-hybridized carbons (Fsp3) is 0.143. The third kappa shape index (κ3) is 2.51. The summed E-state index contributed by atoms with van der Waals surface area (Å²) in [5, 5.41) is 0. The number of hydrogen-bond acceptors (Lipinski definition) is 0. The van der Waals surface area contributed by atoms with E-state index in [1.165, 1.54) is 5.56 Å². The van der Waals surface area contributed by atoms with Crippen LogP contribution in [-0.2, 0) is 0 Å². The van der Waals surface area contributed by atoms with Gasteiger partial charge in [-0.05, 0) is 18.6 Å². The molecule has 0 bridgehead atoms. The van der Waals surface area contributed by atoms with Crippen molar-refractivity contribution < 1.29 is 0 Å². The van der Waals surface area contributed by atoms with Crippen molar-refractivity contribution >= 4 is 29.6 Å². The van der Waals surface area contributed by atoms with E-state index in [0.29, 0.717) is 0 Å². The Bertz CT molecular complexity index is 134. The molecule has 0 amide bonds. The van der Waals surface area contributed by atoms with Crippen molar-refractivity contribution in [2.75, 3.05) is 0 Å². The standard InChI is InChI=1S/C7H7.Na.H/c1-7-5-3-2-4-6-7;;/h2-5H,1H3;;. The van der Waals surface area contributed by atoms with Crippen molar-refractivity contribution in [2.45, 2.75) is 6.92 Å². The Labute approximate surface area is 72.2 Å². The van der Waals surface area contributed by atoms with Gasteiger partial charge in [0.15, 0.2) is 0 Å². The molecule has 8 heavy (non-hydrogen) atoms. The van der Waals surface area contributed by atoms with Gasteiger partial charge in [-0.15, -0.1) is 0 Å². The molecule has 0 fully saturated rings. The molecular weight excluding hydrogens is 107 g/mol. The maximum absolute atomic E-state index is 3.03. The van der Waals surface area contributed by atoms with Crippen LogP contribution in [0.5, 0.6) is 0 Å². The van der Waals surface area contributed by atoms with Gasteiger partial charge < -0.3 is 0 Å². The molecule has 1 rings (SSSR count). The Morgan fingerprint density at radius 2 is 2.12 bits per heavy atom. The molecule has 0 N–H and O–H groups in total. The van der Waals surface area contributed by atoms with Crippen molar-refractivity contribution in [2.24, 2.45) is 0 Å². The molecule has 1 radical (unpaired) electrons.